The third-order valence-corrected chi connectivity index (χ3v) is 2.54. The van der Waals surface area contributed by atoms with E-state index in [2.05, 4.69) is 36.5 Å². The van der Waals surface area contributed by atoms with Crippen molar-refractivity contribution in [1.29, 1.82) is 5.26 Å². The van der Waals surface area contributed by atoms with Crippen LogP contribution in [0.1, 0.15) is 30.9 Å². The van der Waals surface area contributed by atoms with Crippen molar-refractivity contribution in [2.45, 2.75) is 32.6 Å². The van der Waals surface area contributed by atoms with E-state index in [-0.39, 0.29) is 12.3 Å². The SMILES string of the molecule is CCCc1ccc(CCNC(=O)CC#N)cc1. The molecule has 1 aromatic carbocycles. The van der Waals surface area contributed by atoms with Crippen LogP contribution in [0.2, 0.25) is 0 Å². The Balaban J connectivity index is 2.32. The summed E-state index contributed by atoms with van der Waals surface area (Å²) in [5.74, 6) is -0.199. The van der Waals surface area contributed by atoms with Crippen LogP contribution in [0.4, 0.5) is 0 Å². The average molecular weight is 230 g/mol. The number of benzene rings is 1. The molecule has 0 aliphatic carbocycles. The highest BCUT2D eigenvalue weighted by molar-refractivity contribution is 5.77. The molecule has 0 aromatic heterocycles. The molecule has 0 saturated carbocycles. The zero-order chi connectivity index (χ0) is 12.5. The second-order valence-electron chi connectivity index (χ2n) is 4.00. The Labute approximate surface area is 102 Å². The largest absolute Gasteiger partial charge is 0.355 e. The smallest absolute Gasteiger partial charge is 0.234 e. The van der Waals surface area contributed by atoms with E-state index < -0.39 is 0 Å². The van der Waals surface area contributed by atoms with Crippen molar-refractivity contribution in [3.8, 4) is 6.07 Å². The molecule has 90 valence electrons. The Morgan fingerprint density at radius 1 is 1.24 bits per heavy atom. The molecule has 0 bridgehead atoms. The first-order chi connectivity index (χ1) is 8.26. The van der Waals surface area contributed by atoms with Gasteiger partial charge in [-0.3, -0.25) is 4.79 Å². The molecule has 3 nitrogen and oxygen atoms in total. The van der Waals surface area contributed by atoms with Gasteiger partial charge in [0.05, 0.1) is 6.07 Å². The lowest BCUT2D eigenvalue weighted by atomic mass is 10.1. The van der Waals surface area contributed by atoms with Crippen molar-refractivity contribution in [2.75, 3.05) is 6.54 Å². The normalized spacial score (nSPS) is 9.65. The maximum absolute atomic E-state index is 11.0. The number of carbonyl (C=O) groups excluding carboxylic acids is 1. The summed E-state index contributed by atoms with van der Waals surface area (Å²) in [7, 11) is 0. The maximum atomic E-state index is 11.0. The third-order valence-electron chi connectivity index (χ3n) is 2.54. The van der Waals surface area contributed by atoms with Gasteiger partial charge in [-0.15, -0.1) is 0 Å². The number of rotatable bonds is 6. The van der Waals surface area contributed by atoms with Crippen LogP contribution in [0, 0.1) is 11.3 Å². The molecule has 1 N–H and O–H groups in total. The van der Waals surface area contributed by atoms with Gasteiger partial charge >= 0.3 is 0 Å². The van der Waals surface area contributed by atoms with Crippen LogP contribution < -0.4 is 5.32 Å². The van der Waals surface area contributed by atoms with Crippen LogP contribution in [0.25, 0.3) is 0 Å². The fourth-order valence-electron chi connectivity index (χ4n) is 1.64. The molecule has 0 spiro atoms. The quantitative estimate of drug-likeness (QED) is 0.814. The fourth-order valence-corrected chi connectivity index (χ4v) is 1.64. The molecule has 0 radical (unpaired) electrons. The van der Waals surface area contributed by atoms with Crippen LogP contribution in [0.5, 0.6) is 0 Å². The minimum Gasteiger partial charge on any atom is -0.355 e. The summed E-state index contributed by atoms with van der Waals surface area (Å²) in [4.78, 5) is 11.0. The molecule has 0 aliphatic heterocycles. The van der Waals surface area contributed by atoms with Gasteiger partial charge in [0.1, 0.15) is 6.42 Å². The summed E-state index contributed by atoms with van der Waals surface area (Å²) in [6.45, 7) is 2.76. The van der Waals surface area contributed by atoms with Gasteiger partial charge in [-0.25, -0.2) is 0 Å². The van der Waals surface area contributed by atoms with E-state index in [0.717, 1.165) is 19.3 Å². The molecular formula is C14H18N2O. The lowest BCUT2D eigenvalue weighted by molar-refractivity contribution is -0.120. The summed E-state index contributed by atoms with van der Waals surface area (Å²) in [6.07, 6.45) is 3.02. The second-order valence-corrected chi connectivity index (χ2v) is 4.00. The van der Waals surface area contributed by atoms with Crippen molar-refractivity contribution < 1.29 is 4.79 Å². The number of nitrogens with zero attached hydrogens (tertiary/aromatic N) is 1. The third kappa shape index (κ3) is 5.17. The van der Waals surface area contributed by atoms with E-state index in [9.17, 15) is 4.79 Å². The first-order valence-corrected chi connectivity index (χ1v) is 5.97. The van der Waals surface area contributed by atoms with Gasteiger partial charge < -0.3 is 5.32 Å². The van der Waals surface area contributed by atoms with Gasteiger partial charge in [0.2, 0.25) is 5.91 Å². The summed E-state index contributed by atoms with van der Waals surface area (Å²) in [5.41, 5.74) is 2.56. The van der Waals surface area contributed by atoms with Gasteiger partial charge in [-0.05, 0) is 24.0 Å². The monoisotopic (exact) mass is 230 g/mol. The van der Waals surface area contributed by atoms with Crippen LogP contribution in [0.15, 0.2) is 24.3 Å². The Morgan fingerprint density at radius 3 is 2.35 bits per heavy atom. The highest BCUT2D eigenvalue weighted by Crippen LogP contribution is 2.06. The van der Waals surface area contributed by atoms with Crippen LogP contribution in [0.3, 0.4) is 0 Å². The Bertz CT molecular complexity index is 390. The van der Waals surface area contributed by atoms with Gasteiger partial charge in [-0.1, -0.05) is 37.6 Å². The summed E-state index contributed by atoms with van der Waals surface area (Å²) in [5, 5.41) is 11.0. The van der Waals surface area contributed by atoms with E-state index >= 15 is 0 Å². The summed E-state index contributed by atoms with van der Waals surface area (Å²) < 4.78 is 0. The topological polar surface area (TPSA) is 52.9 Å². The van der Waals surface area contributed by atoms with E-state index in [1.807, 2.05) is 6.07 Å². The van der Waals surface area contributed by atoms with E-state index in [1.165, 1.54) is 11.1 Å². The molecule has 0 aliphatic rings. The van der Waals surface area contributed by atoms with Crippen molar-refractivity contribution in [3.05, 3.63) is 35.4 Å². The zero-order valence-corrected chi connectivity index (χ0v) is 10.2. The van der Waals surface area contributed by atoms with Gasteiger partial charge in [-0.2, -0.15) is 5.26 Å². The van der Waals surface area contributed by atoms with Crippen molar-refractivity contribution in [3.63, 3.8) is 0 Å². The number of aryl methyl sites for hydroxylation is 1. The summed E-state index contributed by atoms with van der Waals surface area (Å²) in [6, 6.07) is 10.3. The minimum atomic E-state index is -0.199. The predicted octanol–water partition coefficient (Wildman–Crippen LogP) is 2.21. The Kier molecular flexibility index (Phi) is 5.81. The number of hydrogen-bond donors (Lipinski definition) is 1. The number of amides is 1. The van der Waals surface area contributed by atoms with Crippen molar-refractivity contribution >= 4 is 5.91 Å². The maximum Gasteiger partial charge on any atom is 0.234 e. The highest BCUT2D eigenvalue weighted by atomic mass is 16.1. The Hall–Kier alpha value is -1.82. The van der Waals surface area contributed by atoms with E-state index in [1.54, 1.807) is 0 Å². The molecular weight excluding hydrogens is 212 g/mol. The minimum absolute atomic E-state index is 0.0601. The number of nitrogens with one attached hydrogen (secondary N) is 1. The fraction of sp³-hybridized carbons (Fsp3) is 0.429. The van der Waals surface area contributed by atoms with Crippen LogP contribution >= 0.6 is 0 Å². The predicted molar refractivity (Wildman–Crippen MR) is 67.4 cm³/mol. The van der Waals surface area contributed by atoms with Crippen LogP contribution in [-0.4, -0.2) is 12.5 Å². The first kappa shape index (κ1) is 13.2. The highest BCUT2D eigenvalue weighted by Gasteiger charge is 1.99. The first-order valence-electron chi connectivity index (χ1n) is 5.97. The zero-order valence-electron chi connectivity index (χ0n) is 10.2. The lowest BCUT2D eigenvalue weighted by Crippen LogP contribution is -2.24. The van der Waals surface area contributed by atoms with E-state index in [4.69, 9.17) is 5.26 Å². The van der Waals surface area contributed by atoms with Crippen molar-refractivity contribution in [1.82, 2.24) is 5.32 Å². The average Bonchev–Trinajstić information content (AvgIpc) is 2.32. The number of nitriles is 1. The number of carbonyl (C=O) groups is 1. The Morgan fingerprint density at radius 2 is 1.82 bits per heavy atom. The molecule has 3 heteroatoms. The lowest BCUT2D eigenvalue weighted by Gasteiger charge is -2.04. The molecule has 0 fully saturated rings. The van der Waals surface area contributed by atoms with Gasteiger partial charge in [0.15, 0.2) is 0 Å². The van der Waals surface area contributed by atoms with Gasteiger partial charge in [0, 0.05) is 6.54 Å². The second kappa shape index (κ2) is 7.45. The van der Waals surface area contributed by atoms with Crippen LogP contribution in [-0.2, 0) is 17.6 Å². The molecule has 17 heavy (non-hydrogen) atoms. The molecule has 0 saturated heterocycles. The molecule has 1 amide bonds. The molecule has 1 aromatic rings. The molecule has 1 rings (SSSR count). The van der Waals surface area contributed by atoms with Crippen molar-refractivity contribution in [2.24, 2.45) is 0 Å². The van der Waals surface area contributed by atoms with E-state index in [0.29, 0.717) is 6.54 Å². The molecule has 0 unspecified atom stereocenters. The summed E-state index contributed by atoms with van der Waals surface area (Å²) >= 11 is 0. The molecule has 0 heterocycles. The van der Waals surface area contributed by atoms with Gasteiger partial charge in [0.25, 0.3) is 0 Å². The standard InChI is InChI=1S/C14H18N2O/c1-2-3-12-4-6-13(7-5-12)9-11-16-14(17)8-10-15/h4-7H,2-3,8-9,11H2,1H3,(H,16,17). The molecule has 0 atom stereocenters. The number of hydrogen-bond acceptors (Lipinski definition) is 2.